The highest BCUT2D eigenvalue weighted by atomic mass is 35.5. The van der Waals surface area contributed by atoms with E-state index >= 15 is 0 Å². The maximum atomic E-state index is 13.4. The van der Waals surface area contributed by atoms with E-state index in [0.29, 0.717) is 13.0 Å². The summed E-state index contributed by atoms with van der Waals surface area (Å²) in [7, 11) is 1.88. The molecule has 2 rings (SSSR count). The van der Waals surface area contributed by atoms with Gasteiger partial charge in [-0.1, -0.05) is 11.6 Å². The zero-order valence-electron chi connectivity index (χ0n) is 9.75. The molecule has 96 valence electrons. The van der Waals surface area contributed by atoms with Gasteiger partial charge in [-0.05, 0) is 6.07 Å². The van der Waals surface area contributed by atoms with Crippen LogP contribution in [0.25, 0.3) is 0 Å². The first-order chi connectivity index (χ1) is 8.58. The van der Waals surface area contributed by atoms with E-state index in [-0.39, 0.29) is 10.7 Å². The number of aryl methyl sites for hydroxylation is 1. The van der Waals surface area contributed by atoms with Crippen molar-refractivity contribution in [2.45, 2.75) is 6.42 Å². The van der Waals surface area contributed by atoms with Gasteiger partial charge in [0.2, 0.25) is 0 Å². The van der Waals surface area contributed by atoms with Crippen LogP contribution in [0, 0.1) is 11.6 Å². The number of benzene rings is 1. The molecule has 0 amide bonds. The largest absolute Gasteiger partial charge is 0.381 e. The summed E-state index contributed by atoms with van der Waals surface area (Å²) in [6.07, 6.45) is 4.15. The van der Waals surface area contributed by atoms with Crippen molar-refractivity contribution in [2.24, 2.45) is 7.05 Å². The molecule has 1 heterocycles. The number of nitrogens with zero attached hydrogens (tertiary/aromatic N) is 2. The molecule has 0 saturated carbocycles. The molecule has 0 spiro atoms. The Morgan fingerprint density at radius 3 is 2.78 bits per heavy atom. The topological polar surface area (TPSA) is 29.9 Å². The number of hydrogen-bond acceptors (Lipinski definition) is 2. The quantitative estimate of drug-likeness (QED) is 0.926. The summed E-state index contributed by atoms with van der Waals surface area (Å²) in [5.74, 6) is -0.506. The minimum atomic E-state index is -0.695. The third kappa shape index (κ3) is 2.79. The standard InChI is InChI=1S/C12H12ClF2N3/c1-18-5-4-16-11(18)2-3-17-12-9(13)6-8(14)7-10(12)15/h4-7,17H,2-3H2,1H3. The fourth-order valence-corrected chi connectivity index (χ4v) is 1.91. The van der Waals surface area contributed by atoms with Crippen LogP contribution in [-0.4, -0.2) is 16.1 Å². The van der Waals surface area contributed by atoms with Crippen LogP contribution in [0.2, 0.25) is 5.02 Å². The van der Waals surface area contributed by atoms with Crippen LogP contribution in [0.3, 0.4) is 0 Å². The summed E-state index contributed by atoms with van der Waals surface area (Å²) in [6.45, 7) is 0.465. The first-order valence-corrected chi connectivity index (χ1v) is 5.80. The van der Waals surface area contributed by atoms with Gasteiger partial charge < -0.3 is 9.88 Å². The van der Waals surface area contributed by atoms with Crippen LogP contribution in [0.4, 0.5) is 14.5 Å². The molecule has 2 aromatic rings. The predicted octanol–water partition coefficient (Wildman–Crippen LogP) is 3.01. The van der Waals surface area contributed by atoms with Crippen molar-refractivity contribution < 1.29 is 8.78 Å². The van der Waals surface area contributed by atoms with E-state index in [1.807, 2.05) is 17.8 Å². The van der Waals surface area contributed by atoms with Gasteiger partial charge in [-0.3, -0.25) is 0 Å². The van der Waals surface area contributed by atoms with Gasteiger partial charge >= 0.3 is 0 Å². The van der Waals surface area contributed by atoms with Crippen LogP contribution in [0.15, 0.2) is 24.5 Å². The highest BCUT2D eigenvalue weighted by Crippen LogP contribution is 2.26. The molecular formula is C12H12ClF2N3. The average Bonchev–Trinajstić information content (AvgIpc) is 2.68. The van der Waals surface area contributed by atoms with Crippen LogP contribution >= 0.6 is 11.6 Å². The molecule has 0 aliphatic rings. The molecule has 0 radical (unpaired) electrons. The number of rotatable bonds is 4. The average molecular weight is 272 g/mol. The lowest BCUT2D eigenvalue weighted by Crippen LogP contribution is -2.10. The number of anilines is 1. The van der Waals surface area contributed by atoms with E-state index in [0.717, 1.165) is 18.0 Å². The highest BCUT2D eigenvalue weighted by molar-refractivity contribution is 6.33. The van der Waals surface area contributed by atoms with Gasteiger partial charge in [0.15, 0.2) is 5.82 Å². The molecule has 0 aliphatic heterocycles. The van der Waals surface area contributed by atoms with Crippen molar-refractivity contribution >= 4 is 17.3 Å². The lowest BCUT2D eigenvalue weighted by molar-refractivity contribution is 0.585. The van der Waals surface area contributed by atoms with Gasteiger partial charge in [-0.25, -0.2) is 13.8 Å². The predicted molar refractivity (Wildman–Crippen MR) is 66.8 cm³/mol. The molecule has 0 fully saturated rings. The van der Waals surface area contributed by atoms with Gasteiger partial charge in [-0.15, -0.1) is 0 Å². The molecule has 1 N–H and O–H groups in total. The van der Waals surface area contributed by atoms with Crippen molar-refractivity contribution in [1.29, 1.82) is 0 Å². The van der Waals surface area contributed by atoms with Crippen molar-refractivity contribution in [1.82, 2.24) is 9.55 Å². The van der Waals surface area contributed by atoms with E-state index in [2.05, 4.69) is 10.3 Å². The minimum absolute atomic E-state index is 0.0346. The van der Waals surface area contributed by atoms with Crippen LogP contribution < -0.4 is 5.32 Å². The molecule has 0 unspecified atom stereocenters. The second-order valence-corrected chi connectivity index (χ2v) is 4.28. The molecule has 0 saturated heterocycles. The van der Waals surface area contributed by atoms with Crippen LogP contribution in [0.5, 0.6) is 0 Å². The summed E-state index contributed by atoms with van der Waals surface area (Å²) in [5, 5.41) is 2.88. The van der Waals surface area contributed by atoms with E-state index in [9.17, 15) is 8.78 Å². The summed E-state index contributed by atoms with van der Waals surface area (Å²) >= 11 is 5.76. The Labute approximate surface area is 108 Å². The van der Waals surface area contributed by atoms with E-state index in [1.165, 1.54) is 0 Å². The highest BCUT2D eigenvalue weighted by Gasteiger charge is 2.09. The van der Waals surface area contributed by atoms with Crippen molar-refractivity contribution in [3.05, 3.63) is 47.0 Å². The minimum Gasteiger partial charge on any atom is -0.381 e. The van der Waals surface area contributed by atoms with Crippen molar-refractivity contribution in [2.75, 3.05) is 11.9 Å². The summed E-state index contributed by atoms with van der Waals surface area (Å²) < 4.78 is 28.2. The Kier molecular flexibility index (Phi) is 3.81. The Hall–Kier alpha value is -1.62. The third-order valence-corrected chi connectivity index (χ3v) is 2.88. The Morgan fingerprint density at radius 1 is 1.39 bits per heavy atom. The first kappa shape index (κ1) is 12.8. The lowest BCUT2D eigenvalue weighted by Gasteiger charge is -2.09. The normalized spacial score (nSPS) is 10.7. The van der Waals surface area contributed by atoms with E-state index in [1.54, 1.807) is 6.20 Å². The molecule has 1 aromatic heterocycles. The van der Waals surface area contributed by atoms with Crippen LogP contribution in [0.1, 0.15) is 5.82 Å². The maximum absolute atomic E-state index is 13.4. The molecule has 0 aliphatic carbocycles. The molecule has 1 aromatic carbocycles. The Balaban J connectivity index is 2.01. The molecule has 6 heteroatoms. The lowest BCUT2D eigenvalue weighted by atomic mass is 10.3. The summed E-state index contributed by atoms with van der Waals surface area (Å²) in [5.41, 5.74) is 0.118. The second-order valence-electron chi connectivity index (χ2n) is 3.88. The Morgan fingerprint density at radius 2 is 2.17 bits per heavy atom. The first-order valence-electron chi connectivity index (χ1n) is 5.42. The second kappa shape index (κ2) is 5.35. The van der Waals surface area contributed by atoms with Gasteiger partial charge in [0.25, 0.3) is 0 Å². The van der Waals surface area contributed by atoms with E-state index < -0.39 is 11.6 Å². The van der Waals surface area contributed by atoms with Crippen molar-refractivity contribution in [3.8, 4) is 0 Å². The monoisotopic (exact) mass is 271 g/mol. The summed E-state index contributed by atoms with van der Waals surface area (Å²) in [4.78, 5) is 4.14. The molecule has 0 bridgehead atoms. The van der Waals surface area contributed by atoms with Gasteiger partial charge in [-0.2, -0.15) is 0 Å². The third-order valence-electron chi connectivity index (χ3n) is 2.58. The molecule has 18 heavy (non-hydrogen) atoms. The maximum Gasteiger partial charge on any atom is 0.150 e. The van der Waals surface area contributed by atoms with Crippen molar-refractivity contribution in [3.63, 3.8) is 0 Å². The Bertz CT molecular complexity index is 531. The van der Waals surface area contributed by atoms with Gasteiger partial charge in [0, 0.05) is 38.5 Å². The zero-order valence-corrected chi connectivity index (χ0v) is 10.5. The zero-order chi connectivity index (χ0) is 13.1. The van der Waals surface area contributed by atoms with Gasteiger partial charge in [0.05, 0.1) is 10.7 Å². The fourth-order valence-electron chi connectivity index (χ4n) is 1.65. The summed E-state index contributed by atoms with van der Waals surface area (Å²) in [6, 6.07) is 1.88. The SMILES string of the molecule is Cn1ccnc1CCNc1c(F)cc(F)cc1Cl. The number of halogens is 3. The number of nitrogens with one attached hydrogen (secondary N) is 1. The molecule has 3 nitrogen and oxygen atoms in total. The van der Waals surface area contributed by atoms with Gasteiger partial charge in [0.1, 0.15) is 11.6 Å². The molecular weight excluding hydrogens is 260 g/mol. The number of hydrogen-bond donors (Lipinski definition) is 1. The van der Waals surface area contributed by atoms with E-state index in [4.69, 9.17) is 11.6 Å². The van der Waals surface area contributed by atoms with Crippen LogP contribution in [-0.2, 0) is 13.5 Å². The number of aromatic nitrogens is 2. The smallest absolute Gasteiger partial charge is 0.150 e. The fraction of sp³-hybridized carbons (Fsp3) is 0.250. The molecule has 0 atom stereocenters. The number of imidazole rings is 1.